The highest BCUT2D eigenvalue weighted by Gasteiger charge is 2.24. The van der Waals surface area contributed by atoms with E-state index in [0.717, 1.165) is 43.4 Å². The van der Waals surface area contributed by atoms with Gasteiger partial charge in [-0.05, 0) is 43.9 Å². The van der Waals surface area contributed by atoms with Crippen LogP contribution in [0.3, 0.4) is 0 Å². The van der Waals surface area contributed by atoms with E-state index < -0.39 is 5.56 Å². The lowest BCUT2D eigenvalue weighted by atomic mass is 9.94. The number of hydrogen-bond donors (Lipinski definition) is 1. The highest BCUT2D eigenvalue weighted by atomic mass is 16.3. The minimum atomic E-state index is -0.401. The zero-order valence-electron chi connectivity index (χ0n) is 15.2. The molecule has 26 heavy (non-hydrogen) atoms. The molecule has 5 nitrogen and oxygen atoms in total. The number of aromatic nitrogens is 1. The van der Waals surface area contributed by atoms with Crippen LogP contribution in [-0.2, 0) is 0 Å². The quantitative estimate of drug-likeness (QED) is 0.839. The summed E-state index contributed by atoms with van der Waals surface area (Å²) < 4.78 is 1.41. The van der Waals surface area contributed by atoms with E-state index in [1.54, 1.807) is 13.1 Å². The van der Waals surface area contributed by atoms with Crippen molar-refractivity contribution in [3.05, 3.63) is 56.9 Å². The van der Waals surface area contributed by atoms with Crippen LogP contribution < -0.4 is 5.56 Å². The predicted molar refractivity (Wildman–Crippen MR) is 102 cm³/mol. The molecule has 1 aromatic heterocycles. The van der Waals surface area contributed by atoms with Crippen LogP contribution in [0.15, 0.2) is 34.1 Å². The second-order valence-electron chi connectivity index (χ2n) is 6.86. The summed E-state index contributed by atoms with van der Waals surface area (Å²) in [4.78, 5) is 17.2. The first-order chi connectivity index (χ1) is 12.5. The van der Waals surface area contributed by atoms with E-state index in [9.17, 15) is 15.2 Å². The second kappa shape index (κ2) is 7.57. The van der Waals surface area contributed by atoms with Gasteiger partial charge in [0.05, 0.1) is 11.3 Å². The summed E-state index contributed by atoms with van der Waals surface area (Å²) in [5, 5.41) is 20.3. The zero-order valence-corrected chi connectivity index (χ0v) is 15.2. The SMILES string of the molecule is Cc1ccccc1N=Cc1c(C)c(C#N)c(=O)n(C2CCCCC2)c1O. The van der Waals surface area contributed by atoms with Crippen LogP contribution in [0, 0.1) is 25.2 Å². The fraction of sp³-hybridized carbons (Fsp3) is 0.381. The third-order valence-corrected chi connectivity index (χ3v) is 5.18. The average molecular weight is 349 g/mol. The van der Waals surface area contributed by atoms with Gasteiger partial charge in [-0.15, -0.1) is 0 Å². The van der Waals surface area contributed by atoms with E-state index in [1.165, 1.54) is 4.57 Å². The Bertz CT molecular complexity index is 945. The van der Waals surface area contributed by atoms with Gasteiger partial charge >= 0.3 is 0 Å². The molecule has 0 unspecified atom stereocenters. The van der Waals surface area contributed by atoms with Gasteiger partial charge in [-0.1, -0.05) is 37.5 Å². The lowest BCUT2D eigenvalue weighted by Gasteiger charge is -2.26. The summed E-state index contributed by atoms with van der Waals surface area (Å²) in [6.45, 7) is 3.65. The van der Waals surface area contributed by atoms with Crippen molar-refractivity contribution in [2.45, 2.75) is 52.0 Å². The Labute approximate surface area is 153 Å². The van der Waals surface area contributed by atoms with Crippen LogP contribution in [-0.4, -0.2) is 15.9 Å². The van der Waals surface area contributed by atoms with Crippen LogP contribution in [0.25, 0.3) is 0 Å². The first kappa shape index (κ1) is 17.9. The first-order valence-corrected chi connectivity index (χ1v) is 9.02. The number of para-hydroxylation sites is 1. The van der Waals surface area contributed by atoms with Gasteiger partial charge in [0.2, 0.25) is 5.88 Å². The van der Waals surface area contributed by atoms with Gasteiger partial charge in [-0.25, -0.2) is 0 Å². The van der Waals surface area contributed by atoms with Crippen molar-refractivity contribution in [3.8, 4) is 11.9 Å². The van der Waals surface area contributed by atoms with E-state index >= 15 is 0 Å². The van der Waals surface area contributed by atoms with Crippen LogP contribution >= 0.6 is 0 Å². The van der Waals surface area contributed by atoms with Crippen molar-refractivity contribution in [1.29, 1.82) is 5.26 Å². The average Bonchev–Trinajstić information content (AvgIpc) is 2.64. The predicted octanol–water partition coefficient (Wildman–Crippen LogP) is 4.30. The number of benzene rings is 1. The highest BCUT2D eigenvalue weighted by Crippen LogP contribution is 2.32. The molecule has 0 atom stereocenters. The highest BCUT2D eigenvalue weighted by molar-refractivity contribution is 5.87. The molecule has 1 N–H and O–H groups in total. The fourth-order valence-electron chi connectivity index (χ4n) is 3.62. The van der Waals surface area contributed by atoms with Gasteiger partial charge in [0.15, 0.2) is 0 Å². The van der Waals surface area contributed by atoms with Gasteiger partial charge in [-0.3, -0.25) is 14.4 Å². The van der Waals surface area contributed by atoms with E-state index in [2.05, 4.69) is 4.99 Å². The standard InChI is InChI=1S/C21H23N3O2/c1-14-8-6-7-11-19(14)23-13-18-15(2)17(12-22)20(25)24(21(18)26)16-9-4-3-5-10-16/h6-8,11,13,16,26H,3-5,9-10H2,1-2H3. The van der Waals surface area contributed by atoms with E-state index in [0.29, 0.717) is 11.1 Å². The van der Waals surface area contributed by atoms with E-state index in [4.69, 9.17) is 0 Å². The van der Waals surface area contributed by atoms with E-state index in [-0.39, 0.29) is 17.5 Å². The van der Waals surface area contributed by atoms with Gasteiger partial charge in [0.1, 0.15) is 11.6 Å². The van der Waals surface area contributed by atoms with Crippen LogP contribution in [0.1, 0.15) is 60.4 Å². The maximum Gasteiger partial charge on any atom is 0.271 e. The van der Waals surface area contributed by atoms with Gasteiger partial charge < -0.3 is 5.11 Å². The van der Waals surface area contributed by atoms with Gasteiger partial charge in [0, 0.05) is 12.3 Å². The number of nitrogens with zero attached hydrogens (tertiary/aromatic N) is 3. The molecule has 0 radical (unpaired) electrons. The monoisotopic (exact) mass is 349 g/mol. The number of rotatable bonds is 3. The Morgan fingerprint density at radius 3 is 2.58 bits per heavy atom. The Morgan fingerprint density at radius 2 is 1.92 bits per heavy atom. The number of nitriles is 1. The molecule has 1 fully saturated rings. The number of pyridine rings is 1. The maximum atomic E-state index is 12.8. The van der Waals surface area contributed by atoms with Crippen molar-refractivity contribution in [1.82, 2.24) is 4.57 Å². The summed E-state index contributed by atoms with van der Waals surface area (Å²) in [5.41, 5.74) is 2.40. The van der Waals surface area contributed by atoms with Crippen molar-refractivity contribution in [2.75, 3.05) is 0 Å². The minimum absolute atomic E-state index is 0.0606. The molecule has 1 aliphatic rings. The van der Waals surface area contributed by atoms with Crippen molar-refractivity contribution in [3.63, 3.8) is 0 Å². The largest absolute Gasteiger partial charge is 0.494 e. The Hall–Kier alpha value is -2.87. The molecule has 1 heterocycles. The van der Waals surface area contributed by atoms with Crippen molar-refractivity contribution >= 4 is 11.9 Å². The number of hydrogen-bond acceptors (Lipinski definition) is 4. The summed E-state index contributed by atoms with van der Waals surface area (Å²) in [6.07, 6.45) is 6.45. The molecule has 5 heteroatoms. The summed E-state index contributed by atoms with van der Waals surface area (Å²) in [7, 11) is 0. The first-order valence-electron chi connectivity index (χ1n) is 9.02. The Morgan fingerprint density at radius 1 is 1.23 bits per heavy atom. The van der Waals surface area contributed by atoms with Gasteiger partial charge in [-0.2, -0.15) is 5.26 Å². The zero-order chi connectivity index (χ0) is 18.7. The van der Waals surface area contributed by atoms with E-state index in [1.807, 2.05) is 37.3 Å². The molecule has 134 valence electrons. The molecule has 1 aliphatic carbocycles. The summed E-state index contributed by atoms with van der Waals surface area (Å²) in [5.74, 6) is -0.0873. The molecule has 0 amide bonds. The van der Waals surface area contributed by atoms with Gasteiger partial charge in [0.25, 0.3) is 5.56 Å². The van der Waals surface area contributed by atoms with Crippen LogP contribution in [0.2, 0.25) is 0 Å². The lowest BCUT2D eigenvalue weighted by molar-refractivity contribution is 0.303. The molecule has 0 saturated heterocycles. The normalized spacial score (nSPS) is 15.3. The smallest absolute Gasteiger partial charge is 0.271 e. The number of aliphatic imine (C=N–C) groups is 1. The summed E-state index contributed by atoms with van der Waals surface area (Å²) >= 11 is 0. The molecule has 1 saturated carbocycles. The van der Waals surface area contributed by atoms with Crippen molar-refractivity contribution < 1.29 is 5.11 Å². The molecular weight excluding hydrogens is 326 g/mol. The second-order valence-corrected chi connectivity index (χ2v) is 6.86. The topological polar surface area (TPSA) is 78.4 Å². The summed E-state index contributed by atoms with van der Waals surface area (Å²) in [6, 6.07) is 9.64. The molecule has 0 spiro atoms. The Kier molecular flexibility index (Phi) is 5.22. The third-order valence-electron chi connectivity index (χ3n) is 5.18. The number of aryl methyl sites for hydroxylation is 1. The van der Waals surface area contributed by atoms with Crippen molar-refractivity contribution in [2.24, 2.45) is 4.99 Å². The molecule has 0 bridgehead atoms. The Balaban J connectivity index is 2.14. The van der Waals surface area contributed by atoms with Crippen LogP contribution in [0.4, 0.5) is 5.69 Å². The molecule has 1 aromatic carbocycles. The maximum absolute atomic E-state index is 12.8. The third kappa shape index (κ3) is 3.28. The molecule has 0 aliphatic heterocycles. The molecule has 2 aromatic rings. The molecular formula is C21H23N3O2. The number of aromatic hydroxyl groups is 1. The minimum Gasteiger partial charge on any atom is -0.494 e. The lowest BCUT2D eigenvalue weighted by Crippen LogP contribution is -2.30. The molecule has 3 rings (SSSR count). The fourth-order valence-corrected chi connectivity index (χ4v) is 3.62. The van der Waals surface area contributed by atoms with Crippen LogP contribution in [0.5, 0.6) is 5.88 Å².